The van der Waals surface area contributed by atoms with Gasteiger partial charge in [0.05, 0.1) is 0 Å². The van der Waals surface area contributed by atoms with Crippen LogP contribution in [0.4, 0.5) is 4.39 Å². The van der Waals surface area contributed by atoms with Crippen LogP contribution in [0.25, 0.3) is 0 Å². The summed E-state index contributed by atoms with van der Waals surface area (Å²) >= 11 is 3.22. The van der Waals surface area contributed by atoms with Gasteiger partial charge in [0.25, 0.3) is 0 Å². The number of methoxy groups -OCH3 is 2. The summed E-state index contributed by atoms with van der Waals surface area (Å²) in [4.78, 5) is 11.6. The van der Waals surface area contributed by atoms with E-state index in [2.05, 4.69) is 15.9 Å². The molecule has 0 fully saturated rings. The molecule has 0 aliphatic rings. The Morgan fingerprint density at radius 2 is 2.06 bits per heavy atom. The maximum Gasteiger partial charge on any atom is 0.217 e. The lowest BCUT2D eigenvalue weighted by Gasteiger charge is -2.12. The summed E-state index contributed by atoms with van der Waals surface area (Å²) in [5.74, 6) is -0.732. The molecule has 5 heteroatoms. The molecule has 0 amide bonds. The highest BCUT2D eigenvalue weighted by Crippen LogP contribution is 2.16. The predicted molar refractivity (Wildman–Crippen MR) is 60.6 cm³/mol. The van der Waals surface area contributed by atoms with Crippen molar-refractivity contribution < 1.29 is 18.7 Å². The number of halogens is 2. The van der Waals surface area contributed by atoms with Crippen LogP contribution in [0.3, 0.4) is 0 Å². The quantitative estimate of drug-likeness (QED) is 0.781. The smallest absolute Gasteiger partial charge is 0.217 e. The fourth-order valence-electron chi connectivity index (χ4n) is 1.31. The molecule has 0 N–H and O–H groups in total. The normalized spacial score (nSPS) is 10.8. The van der Waals surface area contributed by atoms with Crippen molar-refractivity contribution in [3.8, 4) is 0 Å². The van der Waals surface area contributed by atoms with Crippen molar-refractivity contribution in [1.29, 1.82) is 0 Å². The van der Waals surface area contributed by atoms with Crippen molar-refractivity contribution in [3.05, 3.63) is 34.1 Å². The molecule has 0 bridgehead atoms. The highest BCUT2D eigenvalue weighted by Gasteiger charge is 2.18. The average Bonchev–Trinajstić information content (AvgIpc) is 2.25. The molecule has 1 aromatic rings. The number of ketones is 1. The van der Waals surface area contributed by atoms with Gasteiger partial charge in [-0.3, -0.25) is 4.79 Å². The van der Waals surface area contributed by atoms with E-state index in [0.29, 0.717) is 5.56 Å². The molecule has 0 aromatic heterocycles. The van der Waals surface area contributed by atoms with Crippen LogP contribution in [-0.4, -0.2) is 26.3 Å². The second kappa shape index (κ2) is 6.08. The van der Waals surface area contributed by atoms with Gasteiger partial charge in [0.15, 0.2) is 5.78 Å². The summed E-state index contributed by atoms with van der Waals surface area (Å²) in [6.07, 6.45) is -1.00. The first-order chi connectivity index (χ1) is 7.58. The zero-order valence-corrected chi connectivity index (χ0v) is 10.6. The number of carbonyl (C=O) groups is 1. The van der Waals surface area contributed by atoms with Crippen LogP contribution in [0, 0.1) is 5.82 Å². The van der Waals surface area contributed by atoms with Gasteiger partial charge >= 0.3 is 0 Å². The monoisotopic (exact) mass is 290 g/mol. The third-order valence-electron chi connectivity index (χ3n) is 2.06. The summed E-state index contributed by atoms with van der Waals surface area (Å²) < 4.78 is 23.7. The van der Waals surface area contributed by atoms with Gasteiger partial charge in [-0.15, -0.1) is 0 Å². The molecular formula is C11H12BrFO3. The topological polar surface area (TPSA) is 35.5 Å². The first-order valence-corrected chi connectivity index (χ1v) is 5.40. The van der Waals surface area contributed by atoms with Gasteiger partial charge in [-0.25, -0.2) is 4.39 Å². The van der Waals surface area contributed by atoms with Crippen molar-refractivity contribution in [1.82, 2.24) is 0 Å². The van der Waals surface area contributed by atoms with E-state index in [1.165, 1.54) is 20.3 Å². The van der Waals surface area contributed by atoms with Gasteiger partial charge in [-0.05, 0) is 23.8 Å². The minimum absolute atomic E-state index is 0.0579. The van der Waals surface area contributed by atoms with Crippen LogP contribution >= 0.6 is 15.9 Å². The molecule has 1 rings (SSSR count). The lowest BCUT2D eigenvalue weighted by Crippen LogP contribution is -2.26. The highest BCUT2D eigenvalue weighted by atomic mass is 79.9. The standard InChI is InChI=1S/C11H12BrFO3/c1-15-11(16-2)10(14)6-7-5-8(12)3-4-9(7)13/h3-5,11H,6H2,1-2H3. The Morgan fingerprint density at radius 1 is 1.44 bits per heavy atom. The molecule has 0 aliphatic heterocycles. The molecule has 0 spiro atoms. The Kier molecular flexibility index (Phi) is 5.05. The van der Waals surface area contributed by atoms with Crippen LogP contribution in [-0.2, 0) is 20.7 Å². The molecule has 1 aromatic carbocycles. The van der Waals surface area contributed by atoms with Crippen LogP contribution < -0.4 is 0 Å². The number of rotatable bonds is 5. The third-order valence-corrected chi connectivity index (χ3v) is 2.56. The SMILES string of the molecule is COC(OC)C(=O)Cc1cc(Br)ccc1F. The van der Waals surface area contributed by atoms with E-state index in [0.717, 1.165) is 4.47 Å². The van der Waals surface area contributed by atoms with E-state index >= 15 is 0 Å². The maximum atomic E-state index is 13.3. The molecule has 88 valence electrons. The molecule has 0 aliphatic carbocycles. The molecule has 0 atom stereocenters. The molecule has 0 heterocycles. The molecule has 0 saturated carbocycles. The van der Waals surface area contributed by atoms with Crippen LogP contribution in [0.5, 0.6) is 0 Å². The number of hydrogen-bond acceptors (Lipinski definition) is 3. The third kappa shape index (κ3) is 3.37. The van der Waals surface area contributed by atoms with Crippen molar-refractivity contribution in [3.63, 3.8) is 0 Å². The number of ether oxygens (including phenoxy) is 2. The van der Waals surface area contributed by atoms with E-state index in [9.17, 15) is 9.18 Å². The van der Waals surface area contributed by atoms with Crippen molar-refractivity contribution in [2.24, 2.45) is 0 Å². The summed E-state index contributed by atoms with van der Waals surface area (Å²) in [7, 11) is 2.73. The summed E-state index contributed by atoms with van der Waals surface area (Å²) in [5.41, 5.74) is 0.318. The van der Waals surface area contributed by atoms with Crippen molar-refractivity contribution >= 4 is 21.7 Å². The van der Waals surface area contributed by atoms with E-state index in [1.807, 2.05) is 0 Å². The summed E-state index contributed by atoms with van der Waals surface area (Å²) in [6.45, 7) is 0. The lowest BCUT2D eigenvalue weighted by molar-refractivity contribution is -0.155. The summed E-state index contributed by atoms with van der Waals surface area (Å²) in [6, 6.07) is 4.45. The summed E-state index contributed by atoms with van der Waals surface area (Å²) in [5, 5.41) is 0. The van der Waals surface area contributed by atoms with Gasteiger partial charge in [-0.1, -0.05) is 15.9 Å². The van der Waals surface area contributed by atoms with E-state index in [4.69, 9.17) is 9.47 Å². The molecule has 0 saturated heterocycles. The Labute approximate surface area is 102 Å². The Hall–Kier alpha value is -0.780. The average molecular weight is 291 g/mol. The molecule has 3 nitrogen and oxygen atoms in total. The van der Waals surface area contributed by atoms with Gasteiger partial charge in [-0.2, -0.15) is 0 Å². The van der Waals surface area contributed by atoms with Gasteiger partial charge < -0.3 is 9.47 Å². The number of carbonyl (C=O) groups excluding carboxylic acids is 1. The van der Waals surface area contributed by atoms with E-state index in [1.54, 1.807) is 12.1 Å². The Balaban J connectivity index is 2.80. The molecule has 0 unspecified atom stereocenters. The lowest BCUT2D eigenvalue weighted by atomic mass is 10.1. The number of benzene rings is 1. The van der Waals surface area contributed by atoms with Gasteiger partial charge in [0, 0.05) is 25.1 Å². The Bertz CT molecular complexity index is 377. The number of hydrogen-bond donors (Lipinski definition) is 0. The second-order valence-electron chi connectivity index (χ2n) is 3.18. The zero-order chi connectivity index (χ0) is 12.1. The minimum atomic E-state index is -0.946. The zero-order valence-electron chi connectivity index (χ0n) is 9.00. The molecule has 0 radical (unpaired) electrons. The minimum Gasteiger partial charge on any atom is -0.349 e. The largest absolute Gasteiger partial charge is 0.349 e. The van der Waals surface area contributed by atoms with Crippen molar-refractivity contribution in [2.75, 3.05) is 14.2 Å². The Morgan fingerprint density at radius 3 is 2.62 bits per heavy atom. The van der Waals surface area contributed by atoms with Gasteiger partial charge in [0.1, 0.15) is 5.82 Å². The molecular weight excluding hydrogens is 279 g/mol. The van der Waals surface area contributed by atoms with Crippen molar-refractivity contribution in [2.45, 2.75) is 12.7 Å². The number of Topliss-reactive ketones (excluding diaryl/α,β-unsaturated/α-hetero) is 1. The first-order valence-electron chi connectivity index (χ1n) is 4.60. The van der Waals surface area contributed by atoms with Crippen LogP contribution in [0.1, 0.15) is 5.56 Å². The molecule has 16 heavy (non-hydrogen) atoms. The van der Waals surface area contributed by atoms with E-state index < -0.39 is 12.1 Å². The van der Waals surface area contributed by atoms with Gasteiger partial charge in [0.2, 0.25) is 6.29 Å². The maximum absolute atomic E-state index is 13.3. The fourth-order valence-corrected chi connectivity index (χ4v) is 1.72. The van der Waals surface area contributed by atoms with E-state index in [-0.39, 0.29) is 12.2 Å². The predicted octanol–water partition coefficient (Wildman–Crippen LogP) is 2.32. The van der Waals surface area contributed by atoms with Crippen LogP contribution in [0.2, 0.25) is 0 Å². The first kappa shape index (κ1) is 13.3. The van der Waals surface area contributed by atoms with Crippen LogP contribution in [0.15, 0.2) is 22.7 Å². The highest BCUT2D eigenvalue weighted by molar-refractivity contribution is 9.10. The fraction of sp³-hybridized carbons (Fsp3) is 0.364. The second-order valence-corrected chi connectivity index (χ2v) is 4.10.